The van der Waals surface area contributed by atoms with Gasteiger partial charge in [0.1, 0.15) is 5.82 Å². The van der Waals surface area contributed by atoms with Gasteiger partial charge in [-0.3, -0.25) is 4.79 Å². The molecule has 5 rings (SSSR count). The number of rotatable bonds is 5. The second-order valence-corrected chi connectivity index (χ2v) is 11.2. The van der Waals surface area contributed by atoms with E-state index in [1.54, 1.807) is 36.4 Å². The van der Waals surface area contributed by atoms with Crippen LogP contribution in [0.5, 0.6) is 0 Å². The lowest BCUT2D eigenvalue weighted by Gasteiger charge is -2.23. The van der Waals surface area contributed by atoms with E-state index in [1.165, 1.54) is 34.9 Å². The fraction of sp³-hybridized carbons (Fsp3) is 0.214. The van der Waals surface area contributed by atoms with E-state index in [9.17, 15) is 19.1 Å². The van der Waals surface area contributed by atoms with Crippen molar-refractivity contribution in [3.8, 4) is 0 Å². The summed E-state index contributed by atoms with van der Waals surface area (Å²) in [6.07, 6.45) is -2.09. The zero-order chi connectivity index (χ0) is 26.6. The average Bonchev–Trinajstić information content (AvgIpc) is 3.30. The maximum atomic E-state index is 16.1. The first-order valence-electron chi connectivity index (χ1n) is 11.6. The maximum Gasteiger partial charge on any atom is 0.335 e. The first-order chi connectivity index (χ1) is 17.5. The van der Waals surface area contributed by atoms with Gasteiger partial charge in [0.15, 0.2) is 0 Å². The Kier molecular flexibility index (Phi) is 6.28. The van der Waals surface area contributed by atoms with Crippen molar-refractivity contribution in [3.05, 3.63) is 87.8 Å². The van der Waals surface area contributed by atoms with Gasteiger partial charge in [0, 0.05) is 43.4 Å². The van der Waals surface area contributed by atoms with E-state index >= 15 is 4.39 Å². The molecule has 4 aromatic rings. The van der Waals surface area contributed by atoms with Crippen LogP contribution in [0.4, 0.5) is 14.5 Å². The molecule has 1 amide bonds. The van der Waals surface area contributed by atoms with Gasteiger partial charge in [-0.25, -0.2) is 13.6 Å². The Morgan fingerprint density at radius 2 is 1.92 bits per heavy atom. The lowest BCUT2D eigenvalue weighted by molar-refractivity contribution is -0.123. The predicted octanol–water partition coefficient (Wildman–Crippen LogP) is 7.45. The lowest BCUT2D eigenvalue weighted by Crippen LogP contribution is -2.36. The number of nitrogens with zero attached hydrogens (tertiary/aromatic N) is 1. The molecule has 9 heteroatoms. The first-order valence-corrected chi connectivity index (χ1v) is 12.7. The Balaban J connectivity index is 1.54. The van der Waals surface area contributed by atoms with Gasteiger partial charge in [0.25, 0.3) is 5.91 Å². The van der Waals surface area contributed by atoms with Gasteiger partial charge in [-0.05, 0) is 48.9 Å². The highest BCUT2D eigenvalue weighted by Gasteiger charge is 2.41. The predicted molar refractivity (Wildman–Crippen MR) is 141 cm³/mol. The second-order valence-electron chi connectivity index (χ2n) is 9.73. The van der Waals surface area contributed by atoms with Crippen LogP contribution in [0.3, 0.4) is 0 Å². The van der Waals surface area contributed by atoms with Gasteiger partial charge < -0.3 is 15.0 Å². The van der Waals surface area contributed by atoms with Gasteiger partial charge in [-0.1, -0.05) is 55.4 Å². The van der Waals surface area contributed by atoms with Crippen LogP contribution >= 0.6 is 23.4 Å². The smallest absolute Gasteiger partial charge is 0.335 e. The zero-order valence-corrected chi connectivity index (χ0v) is 21.8. The van der Waals surface area contributed by atoms with E-state index in [0.717, 1.165) is 16.2 Å². The number of aryl methyl sites for hydroxylation is 1. The van der Waals surface area contributed by atoms with Crippen LogP contribution in [0.25, 0.3) is 10.9 Å². The number of amides is 1. The molecule has 0 bridgehead atoms. The summed E-state index contributed by atoms with van der Waals surface area (Å²) >= 11 is 7.78. The molecule has 0 fully saturated rings. The highest BCUT2D eigenvalue weighted by atomic mass is 35.5. The van der Waals surface area contributed by atoms with Crippen LogP contribution in [0.15, 0.2) is 64.4 Å². The van der Waals surface area contributed by atoms with E-state index in [-0.39, 0.29) is 22.7 Å². The molecule has 5 nitrogen and oxygen atoms in total. The highest BCUT2D eigenvalue weighted by Crippen LogP contribution is 2.45. The highest BCUT2D eigenvalue weighted by molar-refractivity contribution is 7.99. The standard InChI is InChI=1S/C28H23ClF2N2O3S/c1-14-25(37-17-6-4-5-15(11-17)27(35)36)18-8-10-20(29)22(24(18)32-14)23(31)26(34)33-13-28(2,3)19-9-7-16(30)12-21(19)33/h4-12,23,32H,13H2,1-3H3,(H,35,36). The molecule has 3 aromatic carbocycles. The molecule has 2 N–H and O–H groups in total. The molecule has 0 aliphatic carbocycles. The average molecular weight is 541 g/mol. The first kappa shape index (κ1) is 25.3. The zero-order valence-electron chi connectivity index (χ0n) is 20.2. The topological polar surface area (TPSA) is 73.4 Å². The Morgan fingerprint density at radius 3 is 2.65 bits per heavy atom. The molecule has 190 valence electrons. The van der Waals surface area contributed by atoms with Crippen LogP contribution in [-0.4, -0.2) is 28.5 Å². The summed E-state index contributed by atoms with van der Waals surface area (Å²) in [4.78, 5) is 30.8. The summed E-state index contributed by atoms with van der Waals surface area (Å²) in [6.45, 7) is 5.88. The third kappa shape index (κ3) is 4.38. The fourth-order valence-corrected chi connectivity index (χ4v) is 6.18. The number of carboxylic acids is 1. The Morgan fingerprint density at radius 1 is 1.16 bits per heavy atom. The molecule has 2 heterocycles. The molecule has 1 aromatic heterocycles. The number of carbonyl (C=O) groups excluding carboxylic acids is 1. The number of hydrogen-bond acceptors (Lipinski definition) is 3. The summed E-state index contributed by atoms with van der Waals surface area (Å²) in [7, 11) is 0. The van der Waals surface area contributed by atoms with Crippen molar-refractivity contribution >= 4 is 51.8 Å². The van der Waals surface area contributed by atoms with Gasteiger partial charge in [-0.15, -0.1) is 0 Å². The van der Waals surface area contributed by atoms with Gasteiger partial charge in [-0.2, -0.15) is 0 Å². The minimum Gasteiger partial charge on any atom is -0.478 e. The fourth-order valence-electron chi connectivity index (χ4n) is 4.88. The number of fused-ring (bicyclic) bond motifs is 2. The number of carbonyl (C=O) groups is 2. The van der Waals surface area contributed by atoms with Crippen molar-refractivity contribution in [2.24, 2.45) is 0 Å². The molecule has 1 aliphatic rings. The van der Waals surface area contributed by atoms with Crippen molar-refractivity contribution in [2.75, 3.05) is 11.4 Å². The Bertz CT molecular complexity index is 1580. The summed E-state index contributed by atoms with van der Waals surface area (Å²) in [5.41, 5.74) is 1.95. The molecular formula is C28H23ClF2N2O3S. The van der Waals surface area contributed by atoms with E-state index in [1.807, 2.05) is 20.8 Å². The van der Waals surface area contributed by atoms with Crippen LogP contribution < -0.4 is 4.90 Å². The molecule has 0 spiro atoms. The molecule has 0 saturated carbocycles. The number of H-pyrrole nitrogens is 1. The number of anilines is 1. The summed E-state index contributed by atoms with van der Waals surface area (Å²) in [5, 5.41) is 10.1. The third-order valence-electron chi connectivity index (χ3n) is 6.66. The maximum absolute atomic E-state index is 16.1. The van der Waals surface area contributed by atoms with Crippen LogP contribution in [0.2, 0.25) is 5.02 Å². The molecule has 37 heavy (non-hydrogen) atoms. The number of hydrogen-bond donors (Lipinski definition) is 2. The van der Waals surface area contributed by atoms with Crippen LogP contribution in [-0.2, 0) is 10.2 Å². The number of benzene rings is 3. The minimum atomic E-state index is -2.09. The normalized spacial score (nSPS) is 15.1. The number of halogens is 3. The third-order valence-corrected chi connectivity index (χ3v) is 8.21. The Labute approximate surface area is 221 Å². The molecular weight excluding hydrogens is 518 g/mol. The van der Waals surface area contributed by atoms with Crippen molar-refractivity contribution in [3.63, 3.8) is 0 Å². The SMILES string of the molecule is Cc1[nH]c2c(C(F)C(=O)N3CC(C)(C)c4ccc(F)cc43)c(Cl)ccc2c1Sc1cccc(C(=O)O)c1. The van der Waals surface area contributed by atoms with E-state index < -0.39 is 29.3 Å². The summed E-state index contributed by atoms with van der Waals surface area (Å²) in [6, 6.07) is 14.1. The largest absolute Gasteiger partial charge is 0.478 e. The molecule has 0 saturated heterocycles. The van der Waals surface area contributed by atoms with Crippen molar-refractivity contribution < 1.29 is 23.5 Å². The monoisotopic (exact) mass is 540 g/mol. The van der Waals surface area contributed by atoms with Gasteiger partial charge in [0.05, 0.1) is 16.8 Å². The van der Waals surface area contributed by atoms with E-state index in [4.69, 9.17) is 11.6 Å². The molecule has 1 unspecified atom stereocenters. The molecule has 0 radical (unpaired) electrons. The Hall–Kier alpha value is -3.36. The number of aromatic nitrogens is 1. The lowest BCUT2D eigenvalue weighted by atomic mass is 9.87. The van der Waals surface area contributed by atoms with Gasteiger partial charge in [0.2, 0.25) is 6.17 Å². The minimum absolute atomic E-state index is 0.0149. The van der Waals surface area contributed by atoms with E-state index in [2.05, 4.69) is 4.98 Å². The van der Waals surface area contributed by atoms with Crippen LogP contribution in [0.1, 0.15) is 47.2 Å². The van der Waals surface area contributed by atoms with Gasteiger partial charge >= 0.3 is 5.97 Å². The second kappa shape index (κ2) is 9.19. The summed E-state index contributed by atoms with van der Waals surface area (Å²) < 4.78 is 30.1. The quantitative estimate of drug-likeness (QED) is 0.276. The number of alkyl halides is 1. The van der Waals surface area contributed by atoms with Crippen LogP contribution in [0, 0.1) is 12.7 Å². The van der Waals surface area contributed by atoms with Crippen molar-refractivity contribution in [1.82, 2.24) is 4.98 Å². The number of aromatic amines is 1. The van der Waals surface area contributed by atoms with Crippen molar-refractivity contribution in [2.45, 2.75) is 42.1 Å². The van der Waals surface area contributed by atoms with E-state index in [0.29, 0.717) is 21.5 Å². The summed E-state index contributed by atoms with van der Waals surface area (Å²) in [5.74, 6) is -2.35. The molecule has 1 aliphatic heterocycles. The number of carboxylic acid groups (broad SMARTS) is 1. The van der Waals surface area contributed by atoms with Crippen molar-refractivity contribution in [1.29, 1.82) is 0 Å². The number of aromatic carboxylic acids is 1. The number of nitrogens with one attached hydrogen (secondary N) is 1. The molecule has 1 atom stereocenters.